The highest BCUT2D eigenvalue weighted by molar-refractivity contribution is 7.78. The van der Waals surface area contributed by atoms with E-state index in [0.29, 0.717) is 18.6 Å². The standard InChI is InChI=1S/C7H15NOS/c1-6(2)7(8-3)4-9-5-10/h5-8H,4H2,1-3H3/t7-/m1/s1. The van der Waals surface area contributed by atoms with Gasteiger partial charge in [-0.2, -0.15) is 0 Å². The van der Waals surface area contributed by atoms with Crippen molar-refractivity contribution in [2.24, 2.45) is 5.92 Å². The zero-order chi connectivity index (χ0) is 7.98. The Morgan fingerprint density at radius 3 is 2.50 bits per heavy atom. The third-order valence-corrected chi connectivity index (χ3v) is 1.66. The molecular weight excluding hydrogens is 146 g/mol. The highest BCUT2D eigenvalue weighted by atomic mass is 32.1. The van der Waals surface area contributed by atoms with Gasteiger partial charge in [-0.25, -0.2) is 0 Å². The maximum absolute atomic E-state index is 4.98. The second-order valence-electron chi connectivity index (χ2n) is 2.57. The molecule has 0 fully saturated rings. The Balaban J connectivity index is 3.49. The van der Waals surface area contributed by atoms with E-state index in [4.69, 9.17) is 4.74 Å². The lowest BCUT2D eigenvalue weighted by atomic mass is 10.1. The number of nitrogens with one attached hydrogen (secondary N) is 1. The highest BCUT2D eigenvalue weighted by Gasteiger charge is 2.09. The van der Waals surface area contributed by atoms with Gasteiger partial charge in [0.2, 0.25) is 0 Å². The van der Waals surface area contributed by atoms with Crippen molar-refractivity contribution in [1.82, 2.24) is 5.32 Å². The van der Waals surface area contributed by atoms with E-state index >= 15 is 0 Å². The van der Waals surface area contributed by atoms with Crippen molar-refractivity contribution in [3.8, 4) is 0 Å². The monoisotopic (exact) mass is 161 g/mol. The van der Waals surface area contributed by atoms with Crippen LogP contribution in [0.5, 0.6) is 0 Å². The van der Waals surface area contributed by atoms with Crippen LogP contribution in [0, 0.1) is 5.92 Å². The molecule has 0 spiro atoms. The summed E-state index contributed by atoms with van der Waals surface area (Å²) in [6, 6.07) is 0.402. The van der Waals surface area contributed by atoms with Gasteiger partial charge in [-0.05, 0) is 25.2 Å². The van der Waals surface area contributed by atoms with E-state index in [1.165, 1.54) is 5.55 Å². The topological polar surface area (TPSA) is 21.3 Å². The van der Waals surface area contributed by atoms with Gasteiger partial charge >= 0.3 is 0 Å². The third-order valence-electron chi connectivity index (χ3n) is 1.52. The van der Waals surface area contributed by atoms with Crippen LogP contribution in [0.1, 0.15) is 13.8 Å². The van der Waals surface area contributed by atoms with Crippen LogP contribution in [-0.4, -0.2) is 25.2 Å². The lowest BCUT2D eigenvalue weighted by molar-refractivity contribution is 0.241. The summed E-state index contributed by atoms with van der Waals surface area (Å²) in [6.45, 7) is 4.96. The Labute approximate surface area is 68.0 Å². The van der Waals surface area contributed by atoms with Crippen LogP contribution in [0.15, 0.2) is 0 Å². The summed E-state index contributed by atoms with van der Waals surface area (Å²) in [7, 11) is 1.93. The fourth-order valence-corrected chi connectivity index (χ4v) is 0.831. The summed E-state index contributed by atoms with van der Waals surface area (Å²) < 4.78 is 4.98. The number of likely N-dealkylation sites (N-methyl/N-ethyl adjacent to an activating group) is 1. The molecule has 0 radical (unpaired) electrons. The Morgan fingerprint density at radius 1 is 1.60 bits per heavy atom. The van der Waals surface area contributed by atoms with Crippen molar-refractivity contribution in [2.45, 2.75) is 19.9 Å². The molecule has 60 valence electrons. The molecule has 0 aliphatic carbocycles. The van der Waals surface area contributed by atoms with E-state index in [2.05, 4.69) is 31.4 Å². The van der Waals surface area contributed by atoms with E-state index in [-0.39, 0.29) is 0 Å². The molecule has 0 unspecified atom stereocenters. The van der Waals surface area contributed by atoms with Crippen molar-refractivity contribution in [1.29, 1.82) is 0 Å². The van der Waals surface area contributed by atoms with Gasteiger partial charge in [-0.15, -0.1) is 0 Å². The predicted molar refractivity (Wildman–Crippen MR) is 47.3 cm³/mol. The van der Waals surface area contributed by atoms with E-state index < -0.39 is 0 Å². The van der Waals surface area contributed by atoms with Gasteiger partial charge in [0.15, 0.2) is 0 Å². The first-order valence-corrected chi connectivity index (χ1v) is 3.92. The Hall–Kier alpha value is -0.150. The summed E-state index contributed by atoms with van der Waals surface area (Å²) in [5.74, 6) is 0.583. The molecule has 2 nitrogen and oxygen atoms in total. The van der Waals surface area contributed by atoms with E-state index in [9.17, 15) is 0 Å². The smallest absolute Gasteiger partial charge is 0.146 e. The van der Waals surface area contributed by atoms with Gasteiger partial charge < -0.3 is 10.1 Å². The molecule has 0 amide bonds. The normalized spacial score (nSPS) is 13.2. The summed E-state index contributed by atoms with van der Waals surface area (Å²) in [5.41, 5.74) is 1.31. The number of hydrogen-bond donors (Lipinski definition) is 1. The first-order valence-electron chi connectivity index (χ1n) is 3.45. The molecule has 10 heavy (non-hydrogen) atoms. The second kappa shape index (κ2) is 5.62. The number of hydrogen-bond acceptors (Lipinski definition) is 3. The van der Waals surface area contributed by atoms with Crippen LogP contribution < -0.4 is 5.32 Å². The third kappa shape index (κ3) is 3.80. The molecular formula is C7H15NOS. The average Bonchev–Trinajstić information content (AvgIpc) is 1.89. The number of thiocarbonyl (C=S) groups is 1. The van der Waals surface area contributed by atoms with Crippen molar-refractivity contribution in [3.05, 3.63) is 0 Å². The van der Waals surface area contributed by atoms with Gasteiger partial charge in [0, 0.05) is 6.04 Å². The minimum Gasteiger partial charge on any atom is -0.488 e. The summed E-state index contributed by atoms with van der Waals surface area (Å²) in [5, 5.41) is 3.14. The van der Waals surface area contributed by atoms with Gasteiger partial charge in [0.25, 0.3) is 0 Å². The lowest BCUT2D eigenvalue weighted by Crippen LogP contribution is -2.34. The SMILES string of the molecule is CN[C@H](COC=S)C(C)C. The Kier molecular flexibility index (Phi) is 5.54. The minimum atomic E-state index is 0.402. The van der Waals surface area contributed by atoms with Crippen LogP contribution in [0.4, 0.5) is 0 Å². The fraction of sp³-hybridized carbons (Fsp3) is 0.857. The van der Waals surface area contributed by atoms with Gasteiger partial charge in [-0.3, -0.25) is 0 Å². The molecule has 0 aromatic heterocycles. The van der Waals surface area contributed by atoms with Crippen molar-refractivity contribution in [3.63, 3.8) is 0 Å². The fourth-order valence-electron chi connectivity index (χ4n) is 0.752. The molecule has 0 saturated heterocycles. The molecule has 0 aliphatic heterocycles. The molecule has 0 rings (SSSR count). The molecule has 0 aromatic rings. The zero-order valence-electron chi connectivity index (χ0n) is 6.76. The zero-order valence-corrected chi connectivity index (χ0v) is 7.57. The van der Waals surface area contributed by atoms with Crippen LogP contribution in [0.3, 0.4) is 0 Å². The van der Waals surface area contributed by atoms with E-state index in [1.54, 1.807) is 0 Å². The van der Waals surface area contributed by atoms with Gasteiger partial charge in [0.05, 0.1) is 0 Å². The van der Waals surface area contributed by atoms with Gasteiger partial charge in [-0.1, -0.05) is 13.8 Å². The molecule has 0 aromatic carbocycles. The Morgan fingerprint density at radius 2 is 2.20 bits per heavy atom. The summed E-state index contributed by atoms with van der Waals surface area (Å²) in [4.78, 5) is 0. The molecule has 0 aliphatic rings. The number of ether oxygens (including phenoxy) is 1. The van der Waals surface area contributed by atoms with Crippen molar-refractivity contribution < 1.29 is 4.74 Å². The van der Waals surface area contributed by atoms with Crippen molar-refractivity contribution >= 4 is 17.8 Å². The first kappa shape index (κ1) is 9.85. The Bertz CT molecular complexity index is 95.6. The van der Waals surface area contributed by atoms with Crippen molar-refractivity contribution in [2.75, 3.05) is 13.7 Å². The second-order valence-corrected chi connectivity index (χ2v) is 2.76. The molecule has 1 N–H and O–H groups in total. The maximum Gasteiger partial charge on any atom is 0.146 e. The molecule has 0 saturated carbocycles. The summed E-state index contributed by atoms with van der Waals surface area (Å²) >= 11 is 4.53. The maximum atomic E-state index is 4.98. The quantitative estimate of drug-likeness (QED) is 0.612. The molecule has 0 bridgehead atoms. The lowest BCUT2D eigenvalue weighted by Gasteiger charge is -2.18. The summed E-state index contributed by atoms with van der Waals surface area (Å²) in [6.07, 6.45) is 0. The van der Waals surface area contributed by atoms with Crippen LogP contribution >= 0.6 is 12.2 Å². The molecule has 1 atom stereocenters. The van der Waals surface area contributed by atoms with Crippen LogP contribution in [0.2, 0.25) is 0 Å². The molecule has 3 heteroatoms. The molecule has 0 heterocycles. The largest absolute Gasteiger partial charge is 0.488 e. The average molecular weight is 161 g/mol. The first-order chi connectivity index (χ1) is 4.72. The number of rotatable bonds is 5. The van der Waals surface area contributed by atoms with Gasteiger partial charge in [0.1, 0.15) is 12.2 Å². The van der Waals surface area contributed by atoms with E-state index in [1.807, 2.05) is 7.05 Å². The highest BCUT2D eigenvalue weighted by Crippen LogP contribution is 2.00. The van der Waals surface area contributed by atoms with E-state index in [0.717, 1.165) is 0 Å². The van der Waals surface area contributed by atoms with Crippen LogP contribution in [-0.2, 0) is 4.74 Å². The minimum absolute atomic E-state index is 0.402. The van der Waals surface area contributed by atoms with Crippen LogP contribution in [0.25, 0.3) is 0 Å². The predicted octanol–water partition coefficient (Wildman–Crippen LogP) is 1.20.